The van der Waals surface area contributed by atoms with E-state index in [4.69, 9.17) is 0 Å². The van der Waals surface area contributed by atoms with Crippen molar-refractivity contribution >= 4 is 21.4 Å². The third-order valence-corrected chi connectivity index (χ3v) is 6.84. The van der Waals surface area contributed by atoms with E-state index < -0.39 is 10.0 Å². The number of rotatable bonds is 4. The van der Waals surface area contributed by atoms with Gasteiger partial charge in [-0.15, -0.1) is 11.3 Å². The zero-order chi connectivity index (χ0) is 16.6. The number of thiophene rings is 1. The maximum absolute atomic E-state index is 13.1. The molecule has 23 heavy (non-hydrogen) atoms. The van der Waals surface area contributed by atoms with Gasteiger partial charge < -0.3 is 4.90 Å². The topological polar surface area (TPSA) is 58.4 Å². The lowest BCUT2D eigenvalue weighted by molar-refractivity contribution is 0.222. The zero-order valence-electron chi connectivity index (χ0n) is 13.6. The van der Waals surface area contributed by atoms with Crippen LogP contribution in [0.4, 0.5) is 0 Å². The van der Waals surface area contributed by atoms with Crippen molar-refractivity contribution in [3.05, 3.63) is 23.7 Å². The van der Waals surface area contributed by atoms with Crippen LogP contribution in [0, 0.1) is 0 Å². The van der Waals surface area contributed by atoms with E-state index >= 15 is 0 Å². The van der Waals surface area contributed by atoms with Gasteiger partial charge in [-0.2, -0.15) is 9.40 Å². The quantitative estimate of drug-likeness (QED) is 0.844. The molecule has 2 aromatic rings. The van der Waals surface area contributed by atoms with E-state index in [9.17, 15) is 8.42 Å². The van der Waals surface area contributed by atoms with E-state index in [0.717, 1.165) is 18.0 Å². The molecule has 126 valence electrons. The molecule has 1 aliphatic rings. The molecule has 1 saturated heterocycles. The Labute approximate surface area is 141 Å². The third-order valence-electron chi connectivity index (χ3n) is 4.06. The van der Waals surface area contributed by atoms with Gasteiger partial charge in [-0.1, -0.05) is 6.07 Å². The summed E-state index contributed by atoms with van der Waals surface area (Å²) in [6.07, 6.45) is 1.67. The van der Waals surface area contributed by atoms with Gasteiger partial charge in [-0.25, -0.2) is 8.42 Å². The zero-order valence-corrected chi connectivity index (χ0v) is 15.3. The fourth-order valence-corrected chi connectivity index (χ4v) is 4.93. The molecule has 0 N–H and O–H groups in total. The molecule has 0 aliphatic carbocycles. The molecular formula is C15H22N4O2S2. The van der Waals surface area contributed by atoms with Crippen LogP contribution < -0.4 is 0 Å². The number of hydrogen-bond acceptors (Lipinski definition) is 5. The molecule has 0 radical (unpaired) electrons. The second kappa shape index (κ2) is 6.35. The van der Waals surface area contributed by atoms with Crippen molar-refractivity contribution in [2.75, 3.05) is 33.2 Å². The minimum atomic E-state index is -3.52. The smallest absolute Gasteiger partial charge is 0.246 e. The molecule has 1 fully saturated rings. The summed E-state index contributed by atoms with van der Waals surface area (Å²) >= 11 is 1.51. The molecule has 0 saturated carbocycles. The van der Waals surface area contributed by atoms with Crippen molar-refractivity contribution < 1.29 is 8.42 Å². The molecule has 2 aromatic heterocycles. The number of likely N-dealkylation sites (N-methyl/N-ethyl adjacent to an activating group) is 1. The van der Waals surface area contributed by atoms with Gasteiger partial charge in [0, 0.05) is 38.4 Å². The predicted octanol–water partition coefficient (Wildman–Crippen LogP) is 2.13. The normalized spacial score (nSPS) is 17.9. The van der Waals surface area contributed by atoms with Gasteiger partial charge in [0.1, 0.15) is 10.6 Å². The molecule has 0 spiro atoms. The van der Waals surface area contributed by atoms with Crippen LogP contribution >= 0.6 is 11.3 Å². The second-order valence-electron chi connectivity index (χ2n) is 6.10. The van der Waals surface area contributed by atoms with Gasteiger partial charge in [0.2, 0.25) is 10.0 Å². The van der Waals surface area contributed by atoms with Crippen molar-refractivity contribution in [2.24, 2.45) is 0 Å². The number of sulfonamides is 1. The number of hydrogen-bond donors (Lipinski definition) is 0. The molecule has 0 atom stereocenters. The van der Waals surface area contributed by atoms with Gasteiger partial charge >= 0.3 is 0 Å². The number of aromatic nitrogens is 2. The Morgan fingerprint density at radius 2 is 1.91 bits per heavy atom. The fraction of sp³-hybridized carbons (Fsp3) is 0.533. The number of piperazine rings is 1. The first kappa shape index (κ1) is 16.6. The predicted molar refractivity (Wildman–Crippen MR) is 92.2 cm³/mol. The van der Waals surface area contributed by atoms with Crippen LogP contribution in [0.5, 0.6) is 0 Å². The SMILES string of the molecule is CC(C)n1cc(S(=O)(=O)N2CCN(C)CC2)c(-c2cccs2)n1. The highest BCUT2D eigenvalue weighted by atomic mass is 32.2. The molecule has 6 nitrogen and oxygen atoms in total. The molecule has 0 amide bonds. The Hall–Kier alpha value is -1.22. The molecule has 8 heteroatoms. The highest BCUT2D eigenvalue weighted by molar-refractivity contribution is 7.89. The van der Waals surface area contributed by atoms with E-state index in [2.05, 4.69) is 10.00 Å². The fourth-order valence-electron chi connectivity index (χ4n) is 2.58. The van der Waals surface area contributed by atoms with Crippen molar-refractivity contribution in [3.63, 3.8) is 0 Å². The standard InChI is InChI=1S/C15H22N4O2S2/c1-12(2)19-11-14(15(16-19)13-5-4-10-22-13)23(20,21)18-8-6-17(3)7-9-18/h4-5,10-12H,6-9H2,1-3H3. The van der Waals surface area contributed by atoms with Crippen molar-refractivity contribution in [2.45, 2.75) is 24.8 Å². The largest absolute Gasteiger partial charge is 0.304 e. The summed E-state index contributed by atoms with van der Waals surface area (Å²) in [5.74, 6) is 0. The first-order valence-electron chi connectivity index (χ1n) is 7.71. The molecule has 1 aliphatic heterocycles. The maximum atomic E-state index is 13.1. The Balaban J connectivity index is 2.04. The van der Waals surface area contributed by atoms with Crippen LogP contribution in [-0.2, 0) is 10.0 Å². The van der Waals surface area contributed by atoms with Crippen LogP contribution in [0.25, 0.3) is 10.6 Å². The molecule has 0 unspecified atom stereocenters. The van der Waals surface area contributed by atoms with E-state index in [-0.39, 0.29) is 6.04 Å². The van der Waals surface area contributed by atoms with E-state index in [1.54, 1.807) is 15.2 Å². The molecule has 3 heterocycles. The minimum absolute atomic E-state index is 0.116. The highest BCUT2D eigenvalue weighted by Crippen LogP contribution is 2.32. The van der Waals surface area contributed by atoms with Crippen molar-refractivity contribution in [3.8, 4) is 10.6 Å². The molecule has 0 aromatic carbocycles. The molecule has 3 rings (SSSR count). The lowest BCUT2D eigenvalue weighted by Crippen LogP contribution is -2.47. The minimum Gasteiger partial charge on any atom is -0.304 e. The van der Waals surface area contributed by atoms with E-state index in [1.165, 1.54) is 11.3 Å². The first-order chi connectivity index (χ1) is 10.9. The summed E-state index contributed by atoms with van der Waals surface area (Å²) in [4.78, 5) is 3.35. The maximum Gasteiger partial charge on any atom is 0.246 e. The van der Waals surface area contributed by atoms with E-state index in [1.807, 2.05) is 38.4 Å². The summed E-state index contributed by atoms with van der Waals surface area (Å²) in [7, 11) is -1.51. The van der Waals surface area contributed by atoms with Crippen LogP contribution in [0.3, 0.4) is 0 Å². The molecule has 0 bridgehead atoms. The third kappa shape index (κ3) is 3.21. The van der Waals surface area contributed by atoms with Gasteiger partial charge in [-0.05, 0) is 32.3 Å². The summed E-state index contributed by atoms with van der Waals surface area (Å²) in [6.45, 7) is 6.55. The first-order valence-corrected chi connectivity index (χ1v) is 10.0. The van der Waals surface area contributed by atoms with Crippen LogP contribution in [0.2, 0.25) is 0 Å². The average Bonchev–Trinajstić information content (AvgIpc) is 3.17. The van der Waals surface area contributed by atoms with Gasteiger partial charge in [-0.3, -0.25) is 4.68 Å². The monoisotopic (exact) mass is 354 g/mol. The Kier molecular flexibility index (Phi) is 4.59. The summed E-state index contributed by atoms with van der Waals surface area (Å²) in [5, 5.41) is 6.48. The summed E-state index contributed by atoms with van der Waals surface area (Å²) < 4.78 is 29.5. The Morgan fingerprint density at radius 1 is 1.22 bits per heavy atom. The lowest BCUT2D eigenvalue weighted by atomic mass is 10.3. The van der Waals surface area contributed by atoms with Crippen molar-refractivity contribution in [1.82, 2.24) is 19.0 Å². The van der Waals surface area contributed by atoms with Crippen LogP contribution in [0.15, 0.2) is 28.6 Å². The van der Waals surface area contributed by atoms with Gasteiger partial charge in [0.05, 0.1) is 4.88 Å². The number of nitrogens with zero attached hydrogens (tertiary/aromatic N) is 4. The summed E-state index contributed by atoms with van der Waals surface area (Å²) in [6, 6.07) is 3.95. The second-order valence-corrected chi connectivity index (χ2v) is 8.95. The van der Waals surface area contributed by atoms with Gasteiger partial charge in [0.15, 0.2) is 0 Å². The highest BCUT2D eigenvalue weighted by Gasteiger charge is 2.32. The van der Waals surface area contributed by atoms with Gasteiger partial charge in [0.25, 0.3) is 0 Å². The van der Waals surface area contributed by atoms with E-state index in [0.29, 0.717) is 23.7 Å². The van der Waals surface area contributed by atoms with Crippen LogP contribution in [0.1, 0.15) is 19.9 Å². The average molecular weight is 355 g/mol. The Bertz CT molecular complexity index is 758. The van der Waals surface area contributed by atoms with Crippen LogP contribution in [-0.4, -0.2) is 60.6 Å². The lowest BCUT2D eigenvalue weighted by Gasteiger charge is -2.31. The summed E-state index contributed by atoms with van der Waals surface area (Å²) in [5.41, 5.74) is 0.563. The molecular weight excluding hydrogens is 332 g/mol. The van der Waals surface area contributed by atoms with Crippen molar-refractivity contribution in [1.29, 1.82) is 0 Å². The Morgan fingerprint density at radius 3 is 2.48 bits per heavy atom.